The van der Waals surface area contributed by atoms with E-state index in [2.05, 4.69) is 10.6 Å². The lowest BCUT2D eigenvalue weighted by molar-refractivity contribution is -0.139. The number of aliphatic carboxylic acids is 1. The molecule has 1 heterocycles. The normalized spacial score (nSPS) is 21.0. The van der Waals surface area contributed by atoms with Crippen LogP contribution in [-0.2, 0) is 14.3 Å². The Morgan fingerprint density at radius 3 is 2.86 bits per heavy atom. The minimum absolute atomic E-state index is 0.0271. The third kappa shape index (κ3) is 4.17. The van der Waals surface area contributed by atoms with E-state index in [0.717, 1.165) is 0 Å². The highest BCUT2D eigenvalue weighted by atomic mass is 16.5. The number of hydrogen-bond donors (Lipinski definition) is 3. The largest absolute Gasteiger partial charge is 0.480 e. The van der Waals surface area contributed by atoms with E-state index in [1.807, 2.05) is 0 Å². The molecule has 2 rings (SSSR count). The van der Waals surface area contributed by atoms with Gasteiger partial charge in [-0.1, -0.05) is 12.1 Å². The maximum Gasteiger partial charge on any atom is 0.341 e. The Kier molecular flexibility index (Phi) is 5.13. The first-order valence-electron chi connectivity index (χ1n) is 6.61. The van der Waals surface area contributed by atoms with Gasteiger partial charge in [0, 0.05) is 13.7 Å². The maximum absolute atomic E-state index is 12.2. The van der Waals surface area contributed by atoms with E-state index in [-0.39, 0.29) is 18.1 Å². The van der Waals surface area contributed by atoms with Crippen molar-refractivity contribution in [3.05, 3.63) is 24.3 Å². The fourth-order valence-electron chi connectivity index (χ4n) is 2.14. The minimum Gasteiger partial charge on any atom is -0.480 e. The SMILES string of the molecule is COC1CNC(C(=O)Nc2ccccc2OCC(=O)O)C1. The summed E-state index contributed by atoms with van der Waals surface area (Å²) in [5.74, 6) is -0.938. The quantitative estimate of drug-likeness (QED) is 0.705. The van der Waals surface area contributed by atoms with Crippen molar-refractivity contribution in [2.24, 2.45) is 0 Å². The molecule has 0 radical (unpaired) electrons. The van der Waals surface area contributed by atoms with Crippen LogP contribution in [0.5, 0.6) is 5.75 Å². The van der Waals surface area contributed by atoms with E-state index in [1.54, 1.807) is 31.4 Å². The van der Waals surface area contributed by atoms with Crippen LogP contribution in [0, 0.1) is 0 Å². The zero-order chi connectivity index (χ0) is 15.2. The third-order valence-corrected chi connectivity index (χ3v) is 3.24. The molecule has 1 saturated heterocycles. The van der Waals surface area contributed by atoms with Crippen LogP contribution in [0.15, 0.2) is 24.3 Å². The van der Waals surface area contributed by atoms with E-state index in [9.17, 15) is 9.59 Å². The van der Waals surface area contributed by atoms with Crippen LogP contribution in [0.25, 0.3) is 0 Å². The highest BCUT2D eigenvalue weighted by molar-refractivity contribution is 5.96. The number of carbonyl (C=O) groups excluding carboxylic acids is 1. The molecular formula is C14H18N2O5. The van der Waals surface area contributed by atoms with E-state index < -0.39 is 12.6 Å². The smallest absolute Gasteiger partial charge is 0.341 e. The van der Waals surface area contributed by atoms with Crippen molar-refractivity contribution in [3.8, 4) is 5.75 Å². The summed E-state index contributed by atoms with van der Waals surface area (Å²) in [6.45, 7) is 0.173. The first-order chi connectivity index (χ1) is 10.1. The maximum atomic E-state index is 12.2. The van der Waals surface area contributed by atoms with Gasteiger partial charge in [-0.3, -0.25) is 4.79 Å². The van der Waals surface area contributed by atoms with Gasteiger partial charge < -0.3 is 25.2 Å². The topological polar surface area (TPSA) is 96.9 Å². The Morgan fingerprint density at radius 1 is 1.43 bits per heavy atom. The Bertz CT molecular complexity index is 520. The monoisotopic (exact) mass is 294 g/mol. The van der Waals surface area contributed by atoms with Crippen LogP contribution in [0.3, 0.4) is 0 Å². The molecule has 0 bridgehead atoms. The molecule has 7 heteroatoms. The summed E-state index contributed by atoms with van der Waals surface area (Å²) in [6, 6.07) is 6.39. The molecule has 7 nitrogen and oxygen atoms in total. The molecule has 1 aliphatic heterocycles. The van der Waals surface area contributed by atoms with Gasteiger partial charge in [-0.05, 0) is 18.6 Å². The number of carboxylic acid groups (broad SMARTS) is 1. The van der Waals surface area contributed by atoms with E-state index in [1.165, 1.54) is 0 Å². The summed E-state index contributed by atoms with van der Waals surface area (Å²) >= 11 is 0. The number of benzene rings is 1. The number of rotatable bonds is 6. The predicted molar refractivity (Wildman–Crippen MR) is 75.4 cm³/mol. The lowest BCUT2D eigenvalue weighted by atomic mass is 10.2. The summed E-state index contributed by atoms with van der Waals surface area (Å²) in [5.41, 5.74) is 0.450. The van der Waals surface area contributed by atoms with Crippen molar-refractivity contribution in [2.45, 2.75) is 18.6 Å². The van der Waals surface area contributed by atoms with Crippen molar-refractivity contribution in [1.82, 2.24) is 5.32 Å². The lowest BCUT2D eigenvalue weighted by Crippen LogP contribution is -2.35. The average molecular weight is 294 g/mol. The van der Waals surface area contributed by atoms with Crippen molar-refractivity contribution < 1.29 is 24.2 Å². The second-order valence-corrected chi connectivity index (χ2v) is 4.72. The number of para-hydroxylation sites is 2. The first-order valence-corrected chi connectivity index (χ1v) is 6.61. The van der Waals surface area contributed by atoms with Gasteiger partial charge in [0.05, 0.1) is 17.8 Å². The zero-order valence-corrected chi connectivity index (χ0v) is 11.7. The van der Waals surface area contributed by atoms with Crippen molar-refractivity contribution >= 4 is 17.6 Å². The summed E-state index contributed by atoms with van der Waals surface area (Å²) in [6.07, 6.45) is 0.625. The number of ether oxygens (including phenoxy) is 2. The molecule has 0 saturated carbocycles. The second kappa shape index (κ2) is 7.05. The van der Waals surface area contributed by atoms with Gasteiger partial charge in [-0.15, -0.1) is 0 Å². The number of hydrogen-bond acceptors (Lipinski definition) is 5. The number of carbonyl (C=O) groups is 2. The van der Waals surface area contributed by atoms with Gasteiger partial charge >= 0.3 is 5.97 Å². The van der Waals surface area contributed by atoms with Crippen LogP contribution in [0.1, 0.15) is 6.42 Å². The number of carboxylic acids is 1. The van der Waals surface area contributed by atoms with E-state index >= 15 is 0 Å². The molecule has 1 aromatic rings. The van der Waals surface area contributed by atoms with Gasteiger partial charge in [0.1, 0.15) is 5.75 Å². The van der Waals surface area contributed by atoms with Crippen LogP contribution >= 0.6 is 0 Å². The highest BCUT2D eigenvalue weighted by Gasteiger charge is 2.29. The number of anilines is 1. The third-order valence-electron chi connectivity index (χ3n) is 3.24. The van der Waals surface area contributed by atoms with Gasteiger partial charge in [0.15, 0.2) is 6.61 Å². The summed E-state index contributed by atoms with van der Waals surface area (Å²) in [7, 11) is 1.61. The summed E-state index contributed by atoms with van der Waals surface area (Å²) < 4.78 is 10.3. The number of nitrogens with one attached hydrogen (secondary N) is 2. The Balaban J connectivity index is 1.99. The van der Waals surface area contributed by atoms with Gasteiger partial charge in [-0.2, -0.15) is 0 Å². The van der Waals surface area contributed by atoms with Crippen molar-refractivity contribution in [3.63, 3.8) is 0 Å². The lowest BCUT2D eigenvalue weighted by Gasteiger charge is -2.14. The predicted octanol–water partition coefficient (Wildman–Crippen LogP) is 0.465. The zero-order valence-electron chi connectivity index (χ0n) is 11.7. The Morgan fingerprint density at radius 2 is 2.19 bits per heavy atom. The van der Waals surface area contributed by atoms with Crippen LogP contribution in [0.2, 0.25) is 0 Å². The molecule has 1 aromatic carbocycles. The molecule has 1 amide bonds. The molecule has 114 valence electrons. The Hall–Kier alpha value is -2.12. The molecule has 0 spiro atoms. The molecular weight excluding hydrogens is 276 g/mol. The minimum atomic E-state index is -1.07. The summed E-state index contributed by atoms with van der Waals surface area (Å²) in [4.78, 5) is 22.7. The van der Waals surface area contributed by atoms with Crippen LogP contribution in [-0.4, -0.2) is 49.4 Å². The molecule has 2 atom stereocenters. The fourth-order valence-corrected chi connectivity index (χ4v) is 2.14. The van der Waals surface area contributed by atoms with Gasteiger partial charge in [0.25, 0.3) is 0 Å². The van der Waals surface area contributed by atoms with Gasteiger partial charge in [-0.25, -0.2) is 4.79 Å². The number of amides is 1. The summed E-state index contributed by atoms with van der Waals surface area (Å²) in [5, 5.41) is 14.5. The molecule has 1 fully saturated rings. The molecule has 1 aliphatic rings. The molecule has 2 unspecified atom stereocenters. The highest BCUT2D eigenvalue weighted by Crippen LogP contribution is 2.24. The molecule has 0 aromatic heterocycles. The first kappa shape index (κ1) is 15.3. The second-order valence-electron chi connectivity index (χ2n) is 4.72. The molecule has 21 heavy (non-hydrogen) atoms. The Labute approximate surface area is 122 Å². The molecule has 3 N–H and O–H groups in total. The average Bonchev–Trinajstić information content (AvgIpc) is 2.95. The van der Waals surface area contributed by atoms with Crippen LogP contribution in [0.4, 0.5) is 5.69 Å². The van der Waals surface area contributed by atoms with Crippen molar-refractivity contribution in [1.29, 1.82) is 0 Å². The van der Waals surface area contributed by atoms with Crippen molar-refractivity contribution in [2.75, 3.05) is 25.6 Å². The molecule has 0 aliphatic carbocycles. The van der Waals surface area contributed by atoms with Gasteiger partial charge in [0.2, 0.25) is 5.91 Å². The van der Waals surface area contributed by atoms with Crippen LogP contribution < -0.4 is 15.4 Å². The standard InChI is InChI=1S/C14H18N2O5/c1-20-9-6-11(15-7-9)14(19)16-10-4-2-3-5-12(10)21-8-13(17)18/h2-5,9,11,15H,6-8H2,1H3,(H,16,19)(H,17,18). The number of methoxy groups -OCH3 is 1. The fraction of sp³-hybridized carbons (Fsp3) is 0.429. The van der Waals surface area contributed by atoms with E-state index in [4.69, 9.17) is 14.6 Å². The van der Waals surface area contributed by atoms with E-state index in [0.29, 0.717) is 24.4 Å².